The van der Waals surface area contributed by atoms with Crippen LogP contribution < -0.4 is 16.2 Å². The van der Waals surface area contributed by atoms with Gasteiger partial charge in [-0.2, -0.15) is 0 Å². The number of ether oxygens (including phenoxy) is 2. The topological polar surface area (TPSA) is 118 Å². The number of pyridine rings is 1. The fourth-order valence-electron chi connectivity index (χ4n) is 2.28. The standard InChI is InChI=1S/C18H21N3O4.ClH/c1-24-18(23)14-7-13(10-21-11-14)12-3-2-4-16(8-12)25-6-5-15(19)9-17(20)22;/h2-4,7-8,10-11,15H,5-6,9,19H2,1H3,(H2,20,22);1H. The predicted octanol–water partition coefficient (Wildman–Crippen LogP) is 1.93. The lowest BCUT2D eigenvalue weighted by atomic mass is 10.1. The van der Waals surface area contributed by atoms with Gasteiger partial charge < -0.3 is 20.9 Å². The molecule has 0 fully saturated rings. The maximum absolute atomic E-state index is 11.6. The molecular formula is C18H22ClN3O4. The Kier molecular flexibility index (Phi) is 8.54. The Morgan fingerprint density at radius 3 is 2.65 bits per heavy atom. The van der Waals surface area contributed by atoms with Crippen molar-refractivity contribution in [2.45, 2.75) is 18.9 Å². The van der Waals surface area contributed by atoms with Crippen LogP contribution in [0.4, 0.5) is 0 Å². The maximum atomic E-state index is 11.6. The number of aromatic nitrogens is 1. The van der Waals surface area contributed by atoms with E-state index in [2.05, 4.69) is 4.98 Å². The van der Waals surface area contributed by atoms with Gasteiger partial charge in [-0.25, -0.2) is 4.79 Å². The summed E-state index contributed by atoms with van der Waals surface area (Å²) in [5.41, 5.74) is 12.9. The molecule has 1 heterocycles. The molecule has 140 valence electrons. The van der Waals surface area contributed by atoms with Gasteiger partial charge in [0.1, 0.15) is 5.75 Å². The monoisotopic (exact) mass is 379 g/mol. The van der Waals surface area contributed by atoms with Crippen molar-refractivity contribution in [2.24, 2.45) is 11.5 Å². The number of hydrogen-bond donors (Lipinski definition) is 2. The number of esters is 1. The van der Waals surface area contributed by atoms with E-state index in [1.165, 1.54) is 13.3 Å². The number of halogens is 1. The molecule has 1 aromatic carbocycles. The maximum Gasteiger partial charge on any atom is 0.339 e. The Balaban J connectivity index is 0.00000338. The number of amides is 1. The first-order chi connectivity index (χ1) is 12.0. The molecule has 2 aromatic rings. The van der Waals surface area contributed by atoms with E-state index >= 15 is 0 Å². The summed E-state index contributed by atoms with van der Waals surface area (Å²) in [5.74, 6) is -0.204. The molecular weight excluding hydrogens is 358 g/mol. The zero-order chi connectivity index (χ0) is 18.2. The van der Waals surface area contributed by atoms with Gasteiger partial charge in [0.25, 0.3) is 0 Å². The molecule has 0 spiro atoms. The number of nitrogens with zero attached hydrogens (tertiary/aromatic N) is 1. The molecule has 2 rings (SSSR count). The average molecular weight is 380 g/mol. The molecule has 0 bridgehead atoms. The number of carbonyl (C=O) groups is 2. The van der Waals surface area contributed by atoms with Crippen LogP contribution >= 0.6 is 12.4 Å². The number of methoxy groups -OCH3 is 1. The summed E-state index contributed by atoms with van der Waals surface area (Å²) < 4.78 is 10.4. The van der Waals surface area contributed by atoms with Gasteiger partial charge in [-0.1, -0.05) is 12.1 Å². The van der Waals surface area contributed by atoms with E-state index in [9.17, 15) is 9.59 Å². The van der Waals surface area contributed by atoms with Gasteiger partial charge in [0.15, 0.2) is 0 Å². The van der Waals surface area contributed by atoms with Gasteiger partial charge in [-0.15, -0.1) is 12.4 Å². The molecule has 0 saturated carbocycles. The van der Waals surface area contributed by atoms with Gasteiger partial charge in [-0.05, 0) is 30.2 Å². The van der Waals surface area contributed by atoms with Crippen molar-refractivity contribution in [3.63, 3.8) is 0 Å². The Morgan fingerprint density at radius 1 is 1.19 bits per heavy atom. The lowest BCUT2D eigenvalue weighted by Crippen LogP contribution is -2.29. The first kappa shape index (κ1) is 21.4. The van der Waals surface area contributed by atoms with Crippen molar-refractivity contribution in [3.05, 3.63) is 48.3 Å². The molecule has 0 aliphatic carbocycles. The number of nitrogens with two attached hydrogens (primary N) is 2. The van der Waals surface area contributed by atoms with Crippen LogP contribution in [-0.2, 0) is 9.53 Å². The molecule has 1 aromatic heterocycles. The Hall–Kier alpha value is -2.64. The average Bonchev–Trinajstić information content (AvgIpc) is 2.61. The van der Waals surface area contributed by atoms with E-state index in [0.717, 1.165) is 11.1 Å². The van der Waals surface area contributed by atoms with Gasteiger partial charge >= 0.3 is 5.97 Å². The molecule has 26 heavy (non-hydrogen) atoms. The highest BCUT2D eigenvalue weighted by Gasteiger charge is 2.09. The molecule has 1 unspecified atom stereocenters. The van der Waals surface area contributed by atoms with Crippen molar-refractivity contribution in [2.75, 3.05) is 13.7 Å². The van der Waals surface area contributed by atoms with Crippen molar-refractivity contribution in [1.29, 1.82) is 0 Å². The van der Waals surface area contributed by atoms with E-state index in [1.807, 2.05) is 24.3 Å². The molecule has 8 heteroatoms. The van der Waals surface area contributed by atoms with Gasteiger partial charge in [0.05, 0.1) is 19.3 Å². The van der Waals surface area contributed by atoms with Crippen LogP contribution in [0.15, 0.2) is 42.7 Å². The minimum absolute atomic E-state index is 0. The summed E-state index contributed by atoms with van der Waals surface area (Å²) in [4.78, 5) is 26.5. The van der Waals surface area contributed by atoms with Crippen LogP contribution in [0.25, 0.3) is 11.1 Å². The highest BCUT2D eigenvalue weighted by atomic mass is 35.5. The molecule has 0 aliphatic rings. The molecule has 0 saturated heterocycles. The van der Waals surface area contributed by atoms with Gasteiger partial charge in [0.2, 0.25) is 5.91 Å². The van der Waals surface area contributed by atoms with Crippen molar-refractivity contribution < 1.29 is 19.1 Å². The lowest BCUT2D eigenvalue weighted by molar-refractivity contribution is -0.118. The third-order valence-electron chi connectivity index (χ3n) is 3.55. The molecule has 7 nitrogen and oxygen atoms in total. The Bertz CT molecular complexity index is 755. The zero-order valence-electron chi connectivity index (χ0n) is 14.4. The number of primary amides is 1. The minimum Gasteiger partial charge on any atom is -0.494 e. The second-order valence-electron chi connectivity index (χ2n) is 5.55. The van der Waals surface area contributed by atoms with Crippen LogP contribution in [0.3, 0.4) is 0 Å². The number of rotatable bonds is 8. The van der Waals surface area contributed by atoms with E-state index in [1.54, 1.807) is 12.3 Å². The third kappa shape index (κ3) is 6.34. The molecule has 1 amide bonds. The molecule has 0 radical (unpaired) electrons. The van der Waals surface area contributed by atoms with Gasteiger partial charge in [-0.3, -0.25) is 9.78 Å². The van der Waals surface area contributed by atoms with E-state index in [0.29, 0.717) is 24.3 Å². The third-order valence-corrected chi connectivity index (χ3v) is 3.55. The molecule has 1 atom stereocenters. The highest BCUT2D eigenvalue weighted by molar-refractivity contribution is 5.90. The quantitative estimate of drug-likeness (QED) is 0.676. The Morgan fingerprint density at radius 2 is 1.96 bits per heavy atom. The number of hydrogen-bond acceptors (Lipinski definition) is 6. The first-order valence-electron chi connectivity index (χ1n) is 7.80. The fraction of sp³-hybridized carbons (Fsp3) is 0.278. The smallest absolute Gasteiger partial charge is 0.339 e. The van der Waals surface area contributed by atoms with Crippen LogP contribution in [0.2, 0.25) is 0 Å². The largest absolute Gasteiger partial charge is 0.494 e. The predicted molar refractivity (Wildman–Crippen MR) is 100 cm³/mol. The minimum atomic E-state index is -0.440. The summed E-state index contributed by atoms with van der Waals surface area (Å²) in [7, 11) is 1.33. The van der Waals surface area contributed by atoms with Crippen LogP contribution in [0.5, 0.6) is 5.75 Å². The second kappa shape index (κ2) is 10.4. The molecule has 4 N–H and O–H groups in total. The summed E-state index contributed by atoms with van der Waals surface area (Å²) >= 11 is 0. The summed E-state index contributed by atoms with van der Waals surface area (Å²) in [6.45, 7) is 0.373. The van der Waals surface area contributed by atoms with Crippen molar-refractivity contribution in [1.82, 2.24) is 4.98 Å². The zero-order valence-corrected chi connectivity index (χ0v) is 15.2. The fourth-order valence-corrected chi connectivity index (χ4v) is 2.28. The summed E-state index contributed by atoms with van der Waals surface area (Å²) in [6, 6.07) is 8.79. The second-order valence-corrected chi connectivity index (χ2v) is 5.55. The summed E-state index contributed by atoms with van der Waals surface area (Å²) in [6.07, 6.45) is 3.77. The highest BCUT2D eigenvalue weighted by Crippen LogP contribution is 2.24. The molecule has 0 aliphatic heterocycles. The lowest BCUT2D eigenvalue weighted by Gasteiger charge is -2.12. The SMILES string of the molecule is COC(=O)c1cncc(-c2cccc(OCCC(N)CC(N)=O)c2)c1.Cl. The van der Waals surface area contributed by atoms with Crippen LogP contribution in [-0.4, -0.2) is 36.6 Å². The number of carbonyl (C=O) groups excluding carboxylic acids is 2. The normalized spacial score (nSPS) is 11.2. The first-order valence-corrected chi connectivity index (χ1v) is 7.80. The van der Waals surface area contributed by atoms with Crippen LogP contribution in [0, 0.1) is 0 Å². The van der Waals surface area contributed by atoms with Gasteiger partial charge in [0, 0.05) is 30.4 Å². The Labute approximate surface area is 158 Å². The number of benzene rings is 1. The van der Waals surface area contributed by atoms with Crippen LogP contribution in [0.1, 0.15) is 23.2 Å². The van der Waals surface area contributed by atoms with E-state index < -0.39 is 11.9 Å². The summed E-state index contributed by atoms with van der Waals surface area (Å²) in [5, 5.41) is 0. The van der Waals surface area contributed by atoms with Crippen molar-refractivity contribution >= 4 is 24.3 Å². The van der Waals surface area contributed by atoms with Crippen molar-refractivity contribution in [3.8, 4) is 16.9 Å². The van der Waals surface area contributed by atoms with E-state index in [4.69, 9.17) is 20.9 Å². The van der Waals surface area contributed by atoms with E-state index in [-0.39, 0.29) is 24.9 Å².